The van der Waals surface area contributed by atoms with Crippen molar-refractivity contribution in [2.45, 2.75) is 71.1 Å². The maximum absolute atomic E-state index is 12.1. The predicted molar refractivity (Wildman–Crippen MR) is 92.2 cm³/mol. The maximum Gasteiger partial charge on any atom is 0.292 e. The molecule has 0 spiro atoms. The first-order valence-corrected chi connectivity index (χ1v) is 9.43. The number of aromatic nitrogens is 5. The van der Waals surface area contributed by atoms with Gasteiger partial charge in [-0.1, -0.05) is 12.1 Å². The van der Waals surface area contributed by atoms with Crippen LogP contribution in [0.4, 0.5) is 0 Å². The van der Waals surface area contributed by atoms with Crippen LogP contribution in [0.5, 0.6) is 0 Å². The first-order chi connectivity index (χ1) is 12.7. The molecule has 1 saturated heterocycles. The van der Waals surface area contributed by atoms with Gasteiger partial charge in [-0.2, -0.15) is 4.98 Å². The predicted octanol–water partition coefficient (Wildman–Crippen LogP) is 1.61. The molecule has 3 heterocycles. The van der Waals surface area contributed by atoms with E-state index in [1.165, 1.54) is 0 Å². The van der Waals surface area contributed by atoms with E-state index in [1.54, 1.807) is 0 Å². The molecule has 2 aromatic heterocycles. The van der Waals surface area contributed by atoms with Gasteiger partial charge in [0, 0.05) is 12.6 Å². The van der Waals surface area contributed by atoms with Crippen molar-refractivity contribution in [3.05, 3.63) is 23.4 Å². The molecule has 1 unspecified atom stereocenters. The van der Waals surface area contributed by atoms with Crippen LogP contribution in [0, 0.1) is 6.92 Å². The average Bonchev–Trinajstić information content (AvgIpc) is 3.01. The lowest BCUT2D eigenvalue weighted by Crippen LogP contribution is -2.27. The van der Waals surface area contributed by atoms with Gasteiger partial charge in [0.15, 0.2) is 0 Å². The molecule has 9 heteroatoms. The van der Waals surface area contributed by atoms with Crippen LogP contribution in [0.2, 0.25) is 0 Å². The number of hydrogen-bond acceptors (Lipinski definition) is 7. The van der Waals surface area contributed by atoms with E-state index in [0.29, 0.717) is 12.4 Å². The Bertz CT molecular complexity index is 780. The van der Waals surface area contributed by atoms with E-state index in [1.807, 2.05) is 6.92 Å². The molecule has 140 valence electrons. The first kappa shape index (κ1) is 17.1. The van der Waals surface area contributed by atoms with Crippen molar-refractivity contribution in [1.29, 1.82) is 0 Å². The Kier molecular flexibility index (Phi) is 4.71. The minimum Gasteiger partial charge on any atom is -0.346 e. The number of nitrogens with one attached hydrogen (secondary N) is 1. The molecule has 1 aliphatic heterocycles. The fourth-order valence-electron chi connectivity index (χ4n) is 3.47. The number of carbonyl (C=O) groups excluding carboxylic acids is 1. The Morgan fingerprint density at radius 1 is 1.31 bits per heavy atom. The Morgan fingerprint density at radius 3 is 2.92 bits per heavy atom. The van der Waals surface area contributed by atoms with Gasteiger partial charge in [-0.3, -0.25) is 9.69 Å². The zero-order valence-electron chi connectivity index (χ0n) is 15.3. The molecule has 2 aliphatic rings. The van der Waals surface area contributed by atoms with Crippen LogP contribution < -0.4 is 5.32 Å². The van der Waals surface area contributed by atoms with Crippen molar-refractivity contribution in [3.8, 4) is 0 Å². The summed E-state index contributed by atoms with van der Waals surface area (Å²) in [5.41, 5.74) is 0. The van der Waals surface area contributed by atoms with Gasteiger partial charge in [0.25, 0.3) is 11.7 Å². The van der Waals surface area contributed by atoms with Gasteiger partial charge in [0.2, 0.25) is 5.89 Å². The van der Waals surface area contributed by atoms with Crippen molar-refractivity contribution in [2.24, 2.45) is 0 Å². The minimum atomic E-state index is -0.245. The van der Waals surface area contributed by atoms with E-state index in [-0.39, 0.29) is 23.8 Å². The molecule has 4 rings (SSSR count). The SMILES string of the molecule is CCCn1c(C)nnc1CN1CCCC1c1nc(C(=O)NC2CC2)no1. The molecule has 1 saturated carbocycles. The van der Waals surface area contributed by atoms with E-state index < -0.39 is 0 Å². The summed E-state index contributed by atoms with van der Waals surface area (Å²) in [6.45, 7) is 6.68. The first-order valence-electron chi connectivity index (χ1n) is 9.43. The highest BCUT2D eigenvalue weighted by Gasteiger charge is 2.33. The average molecular weight is 359 g/mol. The van der Waals surface area contributed by atoms with Crippen molar-refractivity contribution in [1.82, 2.24) is 35.1 Å². The monoisotopic (exact) mass is 359 g/mol. The fraction of sp³-hybridized carbons (Fsp3) is 0.706. The lowest BCUT2D eigenvalue weighted by molar-refractivity contribution is 0.0937. The van der Waals surface area contributed by atoms with Crippen LogP contribution in [0.1, 0.15) is 73.2 Å². The Hall–Kier alpha value is -2.29. The molecule has 26 heavy (non-hydrogen) atoms. The number of aryl methyl sites for hydroxylation is 1. The summed E-state index contributed by atoms with van der Waals surface area (Å²) in [5, 5.41) is 15.3. The molecule has 9 nitrogen and oxygen atoms in total. The van der Waals surface area contributed by atoms with Crippen LogP contribution in [0.25, 0.3) is 0 Å². The van der Waals surface area contributed by atoms with Gasteiger partial charge in [-0.05, 0) is 45.6 Å². The van der Waals surface area contributed by atoms with Crippen molar-refractivity contribution in [3.63, 3.8) is 0 Å². The van der Waals surface area contributed by atoms with E-state index in [9.17, 15) is 4.79 Å². The molecular weight excluding hydrogens is 334 g/mol. The van der Waals surface area contributed by atoms with E-state index in [4.69, 9.17) is 4.52 Å². The third-order valence-electron chi connectivity index (χ3n) is 5.01. The number of hydrogen-bond donors (Lipinski definition) is 1. The minimum absolute atomic E-state index is 0.0251. The summed E-state index contributed by atoms with van der Waals surface area (Å²) in [5.74, 6) is 2.30. The summed E-state index contributed by atoms with van der Waals surface area (Å²) in [7, 11) is 0. The molecule has 2 fully saturated rings. The van der Waals surface area contributed by atoms with Gasteiger partial charge in [0.1, 0.15) is 11.6 Å². The Balaban J connectivity index is 1.46. The smallest absolute Gasteiger partial charge is 0.292 e. The van der Waals surface area contributed by atoms with Crippen molar-refractivity contribution >= 4 is 5.91 Å². The second-order valence-corrected chi connectivity index (χ2v) is 7.15. The Morgan fingerprint density at radius 2 is 2.15 bits per heavy atom. The summed E-state index contributed by atoms with van der Waals surface area (Å²) < 4.78 is 7.58. The van der Waals surface area contributed by atoms with E-state index in [0.717, 1.165) is 56.8 Å². The van der Waals surface area contributed by atoms with Crippen LogP contribution in [0.15, 0.2) is 4.52 Å². The third kappa shape index (κ3) is 3.48. The third-order valence-corrected chi connectivity index (χ3v) is 5.01. The number of nitrogens with zero attached hydrogens (tertiary/aromatic N) is 6. The van der Waals surface area contributed by atoms with Crippen molar-refractivity contribution in [2.75, 3.05) is 6.54 Å². The second kappa shape index (κ2) is 7.14. The standard InChI is InChI=1S/C17H25N7O2/c1-3-8-24-11(2)20-21-14(24)10-23-9-4-5-13(23)17-19-15(22-26-17)16(25)18-12-6-7-12/h12-13H,3-10H2,1-2H3,(H,18,25). The van der Waals surface area contributed by atoms with Crippen molar-refractivity contribution < 1.29 is 9.32 Å². The lowest BCUT2D eigenvalue weighted by Gasteiger charge is -2.21. The molecule has 0 aromatic carbocycles. The summed E-state index contributed by atoms with van der Waals surface area (Å²) >= 11 is 0. The number of amides is 1. The highest BCUT2D eigenvalue weighted by molar-refractivity contribution is 5.90. The molecule has 1 aliphatic carbocycles. The Labute approximate surface area is 152 Å². The highest BCUT2D eigenvalue weighted by atomic mass is 16.5. The second-order valence-electron chi connectivity index (χ2n) is 7.15. The molecule has 1 amide bonds. The van der Waals surface area contributed by atoms with Crippen LogP contribution >= 0.6 is 0 Å². The molecule has 0 radical (unpaired) electrons. The van der Waals surface area contributed by atoms with E-state index >= 15 is 0 Å². The van der Waals surface area contributed by atoms with Gasteiger partial charge < -0.3 is 14.4 Å². The normalized spacial score (nSPS) is 20.6. The summed E-state index contributed by atoms with van der Waals surface area (Å²) in [6.07, 6.45) is 5.10. The molecular formula is C17H25N7O2. The lowest BCUT2D eigenvalue weighted by atomic mass is 10.2. The van der Waals surface area contributed by atoms with Gasteiger partial charge in [-0.25, -0.2) is 0 Å². The van der Waals surface area contributed by atoms with Crippen LogP contribution in [0.3, 0.4) is 0 Å². The zero-order chi connectivity index (χ0) is 18.1. The summed E-state index contributed by atoms with van der Waals surface area (Å²) in [4.78, 5) is 18.7. The molecule has 0 bridgehead atoms. The van der Waals surface area contributed by atoms with E-state index in [2.05, 4.69) is 42.0 Å². The zero-order valence-corrected chi connectivity index (χ0v) is 15.3. The van der Waals surface area contributed by atoms with Crippen LogP contribution in [-0.2, 0) is 13.1 Å². The molecule has 1 atom stereocenters. The maximum atomic E-state index is 12.1. The summed E-state index contributed by atoms with van der Waals surface area (Å²) in [6, 6.07) is 0.303. The van der Waals surface area contributed by atoms with Crippen LogP contribution in [-0.4, -0.2) is 48.3 Å². The number of carbonyl (C=O) groups is 1. The highest BCUT2D eigenvalue weighted by Crippen LogP contribution is 2.32. The quantitative estimate of drug-likeness (QED) is 0.801. The van der Waals surface area contributed by atoms with Gasteiger partial charge >= 0.3 is 0 Å². The molecule has 2 aromatic rings. The number of rotatable bonds is 7. The topological polar surface area (TPSA) is 102 Å². The van der Waals surface area contributed by atoms with Gasteiger partial charge in [-0.15, -0.1) is 10.2 Å². The van der Waals surface area contributed by atoms with Gasteiger partial charge in [0.05, 0.1) is 12.6 Å². The number of likely N-dealkylation sites (tertiary alicyclic amines) is 1. The fourth-order valence-corrected chi connectivity index (χ4v) is 3.47. The molecule has 1 N–H and O–H groups in total. The largest absolute Gasteiger partial charge is 0.346 e.